The van der Waals surface area contributed by atoms with Crippen molar-refractivity contribution in [2.75, 3.05) is 19.6 Å². The molecule has 0 saturated carbocycles. The summed E-state index contributed by atoms with van der Waals surface area (Å²) < 4.78 is 15.3. The number of nitrogens with one attached hydrogen (secondary N) is 1. The summed E-state index contributed by atoms with van der Waals surface area (Å²) in [4.78, 5) is 18.7. The predicted octanol–water partition coefficient (Wildman–Crippen LogP) is 5.65. The Balaban J connectivity index is 1.48. The van der Waals surface area contributed by atoms with Gasteiger partial charge in [-0.25, -0.2) is 9.66 Å². The van der Waals surface area contributed by atoms with Gasteiger partial charge in [0.25, 0.3) is 5.56 Å². The maximum absolute atomic E-state index is 13.8. The van der Waals surface area contributed by atoms with E-state index in [-0.39, 0.29) is 11.6 Å². The highest BCUT2D eigenvalue weighted by Crippen LogP contribution is 2.40. The second-order valence-electron chi connectivity index (χ2n) is 10.0. The van der Waals surface area contributed by atoms with Crippen LogP contribution < -0.4 is 20.5 Å². The predicted molar refractivity (Wildman–Crippen MR) is 157 cm³/mol. The van der Waals surface area contributed by atoms with Crippen molar-refractivity contribution in [1.82, 2.24) is 14.2 Å². The summed E-state index contributed by atoms with van der Waals surface area (Å²) in [6, 6.07) is 30.0. The number of nitrogens with zero attached hydrogens (tertiary/aromatic N) is 3. The quantitative estimate of drug-likeness (QED) is 0.313. The highest BCUT2D eigenvalue weighted by atomic mass is 16.5. The van der Waals surface area contributed by atoms with E-state index in [0.717, 1.165) is 34.1 Å². The fourth-order valence-electron chi connectivity index (χ4n) is 5.81. The van der Waals surface area contributed by atoms with Crippen molar-refractivity contribution in [1.29, 1.82) is 0 Å². The van der Waals surface area contributed by atoms with Crippen LogP contribution in [0.5, 0.6) is 11.5 Å². The molecule has 0 aliphatic carbocycles. The average Bonchev–Trinajstić information content (AvgIpc) is 3.26. The lowest BCUT2D eigenvalue weighted by Crippen LogP contribution is -2.34. The first-order chi connectivity index (χ1) is 19.6. The summed E-state index contributed by atoms with van der Waals surface area (Å²) in [5.74, 6) is 1.92. The Bertz CT molecular complexity index is 1940. The lowest BCUT2D eigenvalue weighted by Gasteiger charge is -2.22. The summed E-state index contributed by atoms with van der Waals surface area (Å²) >= 11 is 0. The minimum atomic E-state index is -0.348. The Morgan fingerprint density at radius 3 is 2.35 bits per heavy atom. The van der Waals surface area contributed by atoms with Crippen molar-refractivity contribution in [3.05, 3.63) is 136 Å². The zero-order valence-corrected chi connectivity index (χ0v) is 22.3. The van der Waals surface area contributed by atoms with E-state index in [9.17, 15) is 4.79 Å². The molecule has 0 bridgehead atoms. The van der Waals surface area contributed by atoms with Crippen LogP contribution in [0.1, 0.15) is 34.1 Å². The molecule has 4 aromatic carbocycles. The Labute approximate surface area is 231 Å². The van der Waals surface area contributed by atoms with Crippen LogP contribution in [0.4, 0.5) is 0 Å². The summed E-state index contributed by atoms with van der Waals surface area (Å²) in [5, 5.41) is 1.69. The molecular weight excluding hydrogens is 500 g/mol. The second-order valence-corrected chi connectivity index (χ2v) is 10.0. The van der Waals surface area contributed by atoms with Crippen molar-refractivity contribution >= 4 is 21.8 Å². The first kappa shape index (κ1) is 24.0. The smallest absolute Gasteiger partial charge is 0.279 e. The molecule has 0 saturated heterocycles. The van der Waals surface area contributed by atoms with Crippen molar-refractivity contribution in [2.45, 2.75) is 19.0 Å². The van der Waals surface area contributed by atoms with Crippen LogP contribution >= 0.6 is 0 Å². The van der Waals surface area contributed by atoms with E-state index in [0.29, 0.717) is 34.6 Å². The third-order valence-electron chi connectivity index (χ3n) is 7.73. The Kier molecular flexibility index (Phi) is 5.77. The number of hydrogen-bond donors (Lipinski definition) is 1. The average molecular weight is 529 g/mol. The largest absolute Gasteiger partial charge is 0.493 e. The van der Waals surface area contributed by atoms with Crippen LogP contribution in [0.3, 0.4) is 0 Å². The fraction of sp³-hybridized carbons (Fsp3) is 0.152. The molecule has 1 N–H and O–H groups in total. The van der Waals surface area contributed by atoms with E-state index in [1.165, 1.54) is 5.56 Å². The Morgan fingerprint density at radius 2 is 1.55 bits per heavy atom. The monoisotopic (exact) mass is 528 g/mol. The van der Waals surface area contributed by atoms with Crippen molar-refractivity contribution < 1.29 is 9.47 Å². The van der Waals surface area contributed by atoms with Gasteiger partial charge in [-0.15, -0.1) is 0 Å². The molecular formula is C33H28N4O3. The molecule has 0 amide bonds. The normalized spacial score (nSPS) is 14.3. The van der Waals surface area contributed by atoms with Gasteiger partial charge in [0, 0.05) is 35.6 Å². The van der Waals surface area contributed by atoms with Gasteiger partial charge in [-0.2, -0.15) is 0 Å². The number of fused-ring (bicyclic) bond motifs is 4. The summed E-state index contributed by atoms with van der Waals surface area (Å²) in [6.45, 7) is 0.732. The zero-order valence-electron chi connectivity index (χ0n) is 22.3. The summed E-state index contributed by atoms with van der Waals surface area (Å²) in [6.07, 6.45) is 2.66. The van der Waals surface area contributed by atoms with E-state index in [2.05, 4.69) is 64.7 Å². The van der Waals surface area contributed by atoms with Gasteiger partial charge in [0.2, 0.25) is 0 Å². The van der Waals surface area contributed by atoms with Gasteiger partial charge in [-0.1, -0.05) is 60.7 Å². The molecule has 2 aromatic heterocycles. The van der Waals surface area contributed by atoms with E-state index >= 15 is 0 Å². The summed E-state index contributed by atoms with van der Waals surface area (Å²) in [5.41, 5.74) is 9.57. The van der Waals surface area contributed by atoms with Crippen LogP contribution in [0.25, 0.3) is 21.8 Å². The second kappa shape index (κ2) is 9.61. The van der Waals surface area contributed by atoms with Crippen molar-refractivity contribution in [3.8, 4) is 11.5 Å². The molecule has 7 rings (SSSR count). The van der Waals surface area contributed by atoms with E-state index < -0.39 is 0 Å². The first-order valence-electron chi connectivity index (χ1n) is 13.3. The maximum atomic E-state index is 13.8. The number of rotatable bonds is 5. The molecule has 0 spiro atoms. The number of benzene rings is 4. The molecule has 0 unspecified atom stereocenters. The number of hydrogen-bond acceptors (Lipinski definition) is 5. The molecule has 0 radical (unpaired) electrons. The third-order valence-corrected chi connectivity index (χ3v) is 7.73. The standard InChI is InChI=1S/C33H28N4O3/c1-39-29-16-22-17-31-34-27-14-8-6-13-24(27)33(38)37(31)35-32(25(22)18-30(29)40-2)26-20-36(19-21-10-4-3-5-11-21)28-15-9-7-12-23(26)28/h3-16,18,20,32,35H,17,19H2,1-2H3/t32-/m0/s1. The lowest BCUT2D eigenvalue weighted by molar-refractivity contribution is 0.354. The van der Waals surface area contributed by atoms with Gasteiger partial charge in [0.1, 0.15) is 5.82 Å². The molecule has 3 heterocycles. The molecule has 198 valence electrons. The van der Waals surface area contributed by atoms with Gasteiger partial charge in [-0.05, 0) is 47.0 Å². The lowest BCUT2D eigenvalue weighted by atomic mass is 9.93. The molecule has 7 heteroatoms. The minimum Gasteiger partial charge on any atom is -0.493 e. The van der Waals surface area contributed by atoms with Crippen LogP contribution in [0, 0.1) is 0 Å². The SMILES string of the molecule is COc1cc2c(cc1OC)[C@@H](c1cn(Cc3ccccc3)c3ccccc13)Nn1c(nc3ccccc3c1=O)C2. The number of methoxy groups -OCH3 is 2. The van der Waals surface area contributed by atoms with Crippen molar-refractivity contribution in [3.63, 3.8) is 0 Å². The van der Waals surface area contributed by atoms with E-state index in [1.54, 1.807) is 18.9 Å². The van der Waals surface area contributed by atoms with Crippen LogP contribution in [-0.4, -0.2) is 28.4 Å². The van der Waals surface area contributed by atoms with Gasteiger partial charge in [-0.3, -0.25) is 4.79 Å². The molecule has 7 nitrogen and oxygen atoms in total. The maximum Gasteiger partial charge on any atom is 0.279 e. The van der Waals surface area contributed by atoms with Gasteiger partial charge >= 0.3 is 0 Å². The molecule has 1 atom stereocenters. The molecule has 40 heavy (non-hydrogen) atoms. The molecule has 0 fully saturated rings. The molecule has 1 aliphatic rings. The van der Waals surface area contributed by atoms with Gasteiger partial charge in [0.05, 0.1) is 31.2 Å². The van der Waals surface area contributed by atoms with Crippen LogP contribution in [0.2, 0.25) is 0 Å². The molecule has 6 aromatic rings. The van der Waals surface area contributed by atoms with E-state index in [4.69, 9.17) is 14.5 Å². The third kappa shape index (κ3) is 3.90. The number of aromatic nitrogens is 3. The Hall–Kier alpha value is -5.04. The van der Waals surface area contributed by atoms with Gasteiger partial charge < -0.3 is 19.5 Å². The van der Waals surface area contributed by atoms with E-state index in [1.807, 2.05) is 42.5 Å². The van der Waals surface area contributed by atoms with Crippen molar-refractivity contribution in [2.24, 2.45) is 0 Å². The zero-order chi connectivity index (χ0) is 27.2. The fourth-order valence-corrected chi connectivity index (χ4v) is 5.81. The minimum absolute atomic E-state index is 0.120. The summed E-state index contributed by atoms with van der Waals surface area (Å²) in [7, 11) is 3.28. The van der Waals surface area contributed by atoms with Crippen LogP contribution in [0.15, 0.2) is 102 Å². The highest BCUT2D eigenvalue weighted by Gasteiger charge is 2.29. The Morgan fingerprint density at radius 1 is 0.850 bits per heavy atom. The van der Waals surface area contributed by atoms with Gasteiger partial charge in [0.15, 0.2) is 11.5 Å². The van der Waals surface area contributed by atoms with Crippen LogP contribution in [-0.2, 0) is 13.0 Å². The highest BCUT2D eigenvalue weighted by molar-refractivity contribution is 5.85. The number of para-hydroxylation sites is 2. The first-order valence-corrected chi connectivity index (χ1v) is 13.3. The number of ether oxygens (including phenoxy) is 2. The molecule has 1 aliphatic heterocycles. The topological polar surface area (TPSA) is 70.3 Å².